The number of carbonyl (C=O) groups excluding carboxylic acids is 1. The summed E-state index contributed by atoms with van der Waals surface area (Å²) in [5.74, 6) is 1.29. The molecule has 1 N–H and O–H groups in total. The van der Waals surface area contributed by atoms with Gasteiger partial charge in [0.25, 0.3) is 0 Å². The van der Waals surface area contributed by atoms with Gasteiger partial charge in [0.1, 0.15) is 17.7 Å². The van der Waals surface area contributed by atoms with Crippen LogP contribution < -0.4 is 19.9 Å². The van der Waals surface area contributed by atoms with E-state index in [0.717, 1.165) is 10.8 Å². The Hall–Kier alpha value is -3.93. The molecule has 1 aliphatic rings. The molecule has 0 spiro atoms. The fraction of sp³-hybridized carbons (Fsp3) is 0.250. The zero-order chi connectivity index (χ0) is 25.3. The molecule has 12 heteroatoms. The van der Waals surface area contributed by atoms with Gasteiger partial charge in [0.2, 0.25) is 11.8 Å². The molecule has 1 amide bonds. The number of thiazole rings is 1. The SMILES string of the molecule is CC(=O)Nc1nc2c(Oc3cc(N4CCN(c5cccc(C(F)(F)F)c5)CC4)ncn3)cccc2s1. The number of benzene rings is 2. The quantitative estimate of drug-likeness (QED) is 0.393. The number of amides is 1. The first-order chi connectivity index (χ1) is 17.3. The van der Waals surface area contributed by atoms with Gasteiger partial charge in [-0.1, -0.05) is 23.5 Å². The molecule has 0 saturated carbocycles. The van der Waals surface area contributed by atoms with Crippen molar-refractivity contribution in [3.63, 3.8) is 0 Å². The number of carbonyl (C=O) groups is 1. The van der Waals surface area contributed by atoms with Gasteiger partial charge in [-0.3, -0.25) is 4.79 Å². The van der Waals surface area contributed by atoms with Crippen LogP contribution in [0.2, 0.25) is 0 Å². The summed E-state index contributed by atoms with van der Waals surface area (Å²) in [5, 5.41) is 3.17. The molecule has 1 saturated heterocycles. The maximum Gasteiger partial charge on any atom is 0.416 e. The molecule has 186 valence electrons. The van der Waals surface area contributed by atoms with Crippen molar-refractivity contribution in [2.24, 2.45) is 0 Å². The van der Waals surface area contributed by atoms with Gasteiger partial charge in [0.05, 0.1) is 10.3 Å². The van der Waals surface area contributed by atoms with Crippen molar-refractivity contribution in [2.45, 2.75) is 13.1 Å². The van der Waals surface area contributed by atoms with Gasteiger partial charge >= 0.3 is 6.18 Å². The van der Waals surface area contributed by atoms with E-state index in [1.807, 2.05) is 21.9 Å². The van der Waals surface area contributed by atoms with E-state index in [4.69, 9.17) is 4.74 Å². The van der Waals surface area contributed by atoms with E-state index in [0.29, 0.717) is 60.0 Å². The molecule has 0 aliphatic carbocycles. The van der Waals surface area contributed by atoms with Crippen LogP contribution in [0.1, 0.15) is 12.5 Å². The largest absolute Gasteiger partial charge is 0.437 e. The summed E-state index contributed by atoms with van der Waals surface area (Å²) in [6, 6.07) is 12.6. The second-order valence-electron chi connectivity index (χ2n) is 8.14. The molecule has 0 bridgehead atoms. The second-order valence-corrected chi connectivity index (χ2v) is 9.17. The third kappa shape index (κ3) is 5.18. The Kier molecular flexibility index (Phi) is 6.35. The highest BCUT2D eigenvalue weighted by molar-refractivity contribution is 7.22. The van der Waals surface area contributed by atoms with Crippen LogP contribution in [0.3, 0.4) is 0 Å². The monoisotopic (exact) mass is 514 g/mol. The Morgan fingerprint density at radius 1 is 1.03 bits per heavy atom. The average molecular weight is 515 g/mol. The first-order valence-corrected chi connectivity index (χ1v) is 11.9. The van der Waals surface area contributed by atoms with Gasteiger partial charge in [-0.25, -0.2) is 15.0 Å². The minimum atomic E-state index is -4.37. The molecular weight excluding hydrogens is 493 g/mol. The van der Waals surface area contributed by atoms with Gasteiger partial charge in [-0.2, -0.15) is 13.2 Å². The Morgan fingerprint density at radius 2 is 1.78 bits per heavy atom. The molecule has 8 nitrogen and oxygen atoms in total. The molecule has 0 unspecified atom stereocenters. The van der Waals surface area contributed by atoms with Crippen molar-refractivity contribution in [1.82, 2.24) is 15.0 Å². The number of hydrogen-bond donors (Lipinski definition) is 1. The second kappa shape index (κ2) is 9.61. The number of hydrogen-bond acceptors (Lipinski definition) is 8. The van der Waals surface area contributed by atoms with Crippen molar-refractivity contribution >= 4 is 44.1 Å². The minimum absolute atomic E-state index is 0.204. The van der Waals surface area contributed by atoms with Crippen LogP contribution in [0.5, 0.6) is 11.6 Å². The number of rotatable bonds is 5. The van der Waals surface area contributed by atoms with Gasteiger partial charge in [0, 0.05) is 44.9 Å². The van der Waals surface area contributed by atoms with Gasteiger partial charge in [-0.05, 0) is 30.3 Å². The van der Waals surface area contributed by atoms with Crippen LogP contribution in [0.15, 0.2) is 54.9 Å². The summed E-state index contributed by atoms with van der Waals surface area (Å²) in [7, 11) is 0. The molecule has 4 aromatic rings. The predicted molar refractivity (Wildman–Crippen MR) is 132 cm³/mol. The Labute approximate surface area is 208 Å². The maximum atomic E-state index is 13.1. The third-order valence-corrected chi connectivity index (χ3v) is 6.59. The van der Waals surface area contributed by atoms with Crippen LogP contribution in [-0.2, 0) is 11.0 Å². The third-order valence-electron chi connectivity index (χ3n) is 5.65. The van der Waals surface area contributed by atoms with Crippen molar-refractivity contribution in [2.75, 3.05) is 41.3 Å². The Bertz CT molecular complexity index is 1400. The molecule has 3 heterocycles. The molecule has 0 radical (unpaired) electrons. The maximum absolute atomic E-state index is 13.1. The number of para-hydroxylation sites is 1. The smallest absolute Gasteiger partial charge is 0.416 e. The van der Waals surface area contributed by atoms with Gasteiger partial charge in [0.15, 0.2) is 10.9 Å². The lowest BCUT2D eigenvalue weighted by Gasteiger charge is -2.36. The molecule has 1 aliphatic heterocycles. The van der Waals surface area contributed by atoms with Crippen molar-refractivity contribution in [1.29, 1.82) is 0 Å². The lowest BCUT2D eigenvalue weighted by molar-refractivity contribution is -0.137. The van der Waals surface area contributed by atoms with Crippen LogP contribution in [0, 0.1) is 0 Å². The van der Waals surface area contributed by atoms with Crippen LogP contribution in [0.4, 0.5) is 29.8 Å². The molecular formula is C24H21F3N6O2S. The number of ether oxygens (including phenoxy) is 1. The summed E-state index contributed by atoms with van der Waals surface area (Å²) in [6.45, 7) is 3.67. The Balaban J connectivity index is 1.28. The van der Waals surface area contributed by atoms with Crippen LogP contribution >= 0.6 is 11.3 Å². The van der Waals surface area contributed by atoms with E-state index < -0.39 is 11.7 Å². The molecule has 0 atom stereocenters. The first kappa shape index (κ1) is 23.8. The summed E-state index contributed by atoms with van der Waals surface area (Å²) < 4.78 is 46.1. The molecule has 1 fully saturated rings. The minimum Gasteiger partial charge on any atom is -0.437 e. The van der Waals surface area contributed by atoms with Gasteiger partial charge in [-0.15, -0.1) is 0 Å². The van der Waals surface area contributed by atoms with E-state index in [2.05, 4.69) is 20.3 Å². The van der Waals surface area contributed by atoms with Crippen molar-refractivity contribution < 1.29 is 22.7 Å². The van der Waals surface area contributed by atoms with Crippen LogP contribution in [-0.4, -0.2) is 47.0 Å². The standard InChI is InChI=1S/C24H21F3N6O2S/c1-15(34)30-23-31-22-18(6-3-7-19(22)36-23)35-21-13-20(28-14-29-21)33-10-8-32(9-11-33)17-5-2-4-16(12-17)24(25,26)27/h2-7,12-14H,8-11H2,1H3,(H,30,31,34). The summed E-state index contributed by atoms with van der Waals surface area (Å²) in [4.78, 5) is 28.4. The van der Waals surface area contributed by atoms with Crippen molar-refractivity contribution in [3.8, 4) is 11.6 Å². The van der Waals surface area contributed by atoms with Gasteiger partial charge < -0.3 is 19.9 Å². The van der Waals surface area contributed by atoms with E-state index in [1.165, 1.54) is 36.7 Å². The van der Waals surface area contributed by atoms with Crippen LogP contribution in [0.25, 0.3) is 10.2 Å². The summed E-state index contributed by atoms with van der Waals surface area (Å²) in [5.41, 5.74) is 0.506. The van der Waals surface area contributed by atoms with E-state index in [-0.39, 0.29) is 5.91 Å². The molecule has 36 heavy (non-hydrogen) atoms. The summed E-state index contributed by atoms with van der Waals surface area (Å²) in [6.07, 6.45) is -2.96. The number of nitrogens with one attached hydrogen (secondary N) is 1. The van der Waals surface area contributed by atoms with E-state index in [9.17, 15) is 18.0 Å². The number of alkyl halides is 3. The fourth-order valence-electron chi connectivity index (χ4n) is 3.95. The highest BCUT2D eigenvalue weighted by Crippen LogP contribution is 2.35. The average Bonchev–Trinajstić information content (AvgIpc) is 3.27. The fourth-order valence-corrected chi connectivity index (χ4v) is 4.88. The van der Waals surface area contributed by atoms with E-state index in [1.54, 1.807) is 18.2 Å². The number of halogens is 3. The molecule has 2 aromatic heterocycles. The molecule has 5 rings (SSSR count). The lowest BCUT2D eigenvalue weighted by Crippen LogP contribution is -2.46. The topological polar surface area (TPSA) is 83.5 Å². The zero-order valence-electron chi connectivity index (χ0n) is 19.1. The summed E-state index contributed by atoms with van der Waals surface area (Å²) >= 11 is 1.35. The normalized spacial score (nSPS) is 14.2. The first-order valence-electron chi connectivity index (χ1n) is 11.1. The van der Waals surface area contributed by atoms with E-state index >= 15 is 0 Å². The van der Waals surface area contributed by atoms with Crippen molar-refractivity contribution in [3.05, 3.63) is 60.4 Å². The predicted octanol–water partition coefficient (Wildman–Crippen LogP) is 5.18. The highest BCUT2D eigenvalue weighted by Gasteiger charge is 2.31. The number of piperazine rings is 1. The zero-order valence-corrected chi connectivity index (χ0v) is 19.9. The number of fused-ring (bicyclic) bond motifs is 1. The molecule has 2 aromatic carbocycles. The number of anilines is 3. The lowest BCUT2D eigenvalue weighted by atomic mass is 10.1. The Morgan fingerprint density at radius 3 is 2.53 bits per heavy atom. The number of aromatic nitrogens is 3. The highest BCUT2D eigenvalue weighted by atomic mass is 32.1. The number of nitrogens with zero attached hydrogens (tertiary/aromatic N) is 5.